The van der Waals surface area contributed by atoms with Crippen LogP contribution >= 0.6 is 11.3 Å². The lowest BCUT2D eigenvalue weighted by atomic mass is 10.2. The summed E-state index contributed by atoms with van der Waals surface area (Å²) in [6, 6.07) is 9.43. The number of rotatable bonds is 5. The molecule has 2 rings (SSSR count). The van der Waals surface area contributed by atoms with E-state index in [4.69, 9.17) is 0 Å². The molecule has 0 bridgehead atoms. The first kappa shape index (κ1) is 14.0. The Morgan fingerprint density at radius 2 is 2.00 bits per heavy atom. The van der Waals surface area contributed by atoms with Gasteiger partial charge in [0.2, 0.25) is 10.0 Å². The SMILES string of the molecule is CCC(NS(=O)(=O)c1ccccc1O)c1cccs1. The van der Waals surface area contributed by atoms with Gasteiger partial charge < -0.3 is 5.11 Å². The van der Waals surface area contributed by atoms with Crippen molar-refractivity contribution in [2.45, 2.75) is 24.3 Å². The number of sulfonamides is 1. The zero-order valence-corrected chi connectivity index (χ0v) is 12.0. The van der Waals surface area contributed by atoms with Gasteiger partial charge in [-0.2, -0.15) is 0 Å². The molecule has 4 nitrogen and oxygen atoms in total. The molecule has 0 aliphatic carbocycles. The lowest BCUT2D eigenvalue weighted by Crippen LogP contribution is -2.27. The fraction of sp³-hybridized carbons (Fsp3) is 0.231. The van der Waals surface area contributed by atoms with Crippen LogP contribution in [0.3, 0.4) is 0 Å². The van der Waals surface area contributed by atoms with Crippen molar-refractivity contribution in [1.82, 2.24) is 4.72 Å². The summed E-state index contributed by atoms with van der Waals surface area (Å²) >= 11 is 1.51. The summed E-state index contributed by atoms with van der Waals surface area (Å²) in [7, 11) is -3.72. The minimum atomic E-state index is -3.72. The summed E-state index contributed by atoms with van der Waals surface area (Å²) < 4.78 is 27.1. The van der Waals surface area contributed by atoms with Gasteiger partial charge in [0.15, 0.2) is 0 Å². The van der Waals surface area contributed by atoms with E-state index in [0.29, 0.717) is 6.42 Å². The van der Waals surface area contributed by atoms with E-state index in [0.717, 1.165) is 4.88 Å². The molecule has 0 radical (unpaired) electrons. The van der Waals surface area contributed by atoms with Crippen molar-refractivity contribution in [3.8, 4) is 5.75 Å². The van der Waals surface area contributed by atoms with Crippen molar-refractivity contribution in [3.05, 3.63) is 46.7 Å². The summed E-state index contributed by atoms with van der Waals surface area (Å²) in [5, 5.41) is 11.6. The van der Waals surface area contributed by atoms with Crippen LogP contribution in [0, 0.1) is 0 Å². The molecule has 6 heteroatoms. The van der Waals surface area contributed by atoms with Gasteiger partial charge in [-0.3, -0.25) is 0 Å². The first-order chi connectivity index (χ1) is 9.04. The maximum Gasteiger partial charge on any atom is 0.244 e. The van der Waals surface area contributed by atoms with E-state index in [9.17, 15) is 13.5 Å². The molecular weight excluding hydrogens is 282 g/mol. The minimum absolute atomic E-state index is 0.0926. The van der Waals surface area contributed by atoms with Gasteiger partial charge in [0.1, 0.15) is 10.6 Å². The van der Waals surface area contributed by atoms with Crippen molar-refractivity contribution in [1.29, 1.82) is 0 Å². The molecule has 102 valence electrons. The van der Waals surface area contributed by atoms with Crippen molar-refractivity contribution in [2.75, 3.05) is 0 Å². The highest BCUT2D eigenvalue weighted by Gasteiger charge is 2.23. The maximum atomic E-state index is 12.3. The number of phenolic OH excluding ortho intramolecular Hbond substituents is 1. The molecule has 1 aromatic carbocycles. The lowest BCUT2D eigenvalue weighted by Gasteiger charge is -2.16. The van der Waals surface area contributed by atoms with Gasteiger partial charge in [-0.15, -0.1) is 11.3 Å². The largest absolute Gasteiger partial charge is 0.507 e. The van der Waals surface area contributed by atoms with E-state index in [2.05, 4.69) is 4.72 Å². The van der Waals surface area contributed by atoms with Crippen molar-refractivity contribution < 1.29 is 13.5 Å². The average Bonchev–Trinajstić information content (AvgIpc) is 2.90. The Labute approximate surface area is 116 Å². The number of phenols is 1. The molecule has 1 unspecified atom stereocenters. The number of nitrogens with one attached hydrogen (secondary N) is 1. The van der Waals surface area contributed by atoms with Gasteiger partial charge in [0.05, 0.1) is 6.04 Å². The lowest BCUT2D eigenvalue weighted by molar-refractivity contribution is 0.457. The highest BCUT2D eigenvalue weighted by atomic mass is 32.2. The van der Waals surface area contributed by atoms with Crippen molar-refractivity contribution in [3.63, 3.8) is 0 Å². The summed E-state index contributed by atoms with van der Waals surface area (Å²) in [6.07, 6.45) is 0.646. The van der Waals surface area contributed by atoms with Crippen molar-refractivity contribution >= 4 is 21.4 Å². The number of hydrogen-bond acceptors (Lipinski definition) is 4. The predicted octanol–water partition coefficient (Wildman–Crippen LogP) is 2.88. The van der Waals surface area contributed by atoms with Crippen LogP contribution in [0.15, 0.2) is 46.7 Å². The van der Waals surface area contributed by atoms with Crippen LogP contribution in [0.1, 0.15) is 24.3 Å². The molecule has 0 saturated heterocycles. The molecule has 1 atom stereocenters. The fourth-order valence-corrected chi connectivity index (χ4v) is 4.10. The standard InChI is InChI=1S/C13H15NO3S2/c1-2-10(12-7-5-9-18-12)14-19(16,17)13-8-4-3-6-11(13)15/h3-10,14-15H,2H2,1H3. The molecule has 2 N–H and O–H groups in total. The third kappa shape index (κ3) is 3.15. The third-order valence-corrected chi connectivity index (χ3v) is 5.25. The van der Waals surface area contributed by atoms with Gasteiger partial charge in [-0.05, 0) is 30.0 Å². The summed E-state index contributed by atoms with van der Waals surface area (Å²) in [5.74, 6) is -0.240. The number of hydrogen-bond donors (Lipinski definition) is 2. The van der Waals surface area contributed by atoms with E-state index in [-0.39, 0.29) is 16.7 Å². The summed E-state index contributed by atoms with van der Waals surface area (Å²) in [4.78, 5) is 0.867. The molecule has 0 spiro atoms. The summed E-state index contributed by atoms with van der Waals surface area (Å²) in [5.41, 5.74) is 0. The zero-order chi connectivity index (χ0) is 13.9. The van der Waals surface area contributed by atoms with Gasteiger partial charge >= 0.3 is 0 Å². The zero-order valence-electron chi connectivity index (χ0n) is 10.4. The molecule has 1 heterocycles. The number of thiophene rings is 1. The Hall–Kier alpha value is -1.37. The number of benzene rings is 1. The summed E-state index contributed by atoms with van der Waals surface area (Å²) in [6.45, 7) is 1.91. The molecule has 0 aliphatic heterocycles. The fourth-order valence-electron chi connectivity index (χ4n) is 1.77. The molecular formula is C13H15NO3S2. The Morgan fingerprint density at radius 1 is 1.26 bits per heavy atom. The molecule has 0 aliphatic rings. The van der Waals surface area contributed by atoms with E-state index >= 15 is 0 Å². The molecule has 0 amide bonds. The normalized spacial score (nSPS) is 13.3. The van der Waals surface area contributed by atoms with Gasteiger partial charge in [0.25, 0.3) is 0 Å². The van der Waals surface area contributed by atoms with Crippen LogP contribution in [0.5, 0.6) is 5.75 Å². The van der Waals surface area contributed by atoms with Crippen LogP contribution in [-0.4, -0.2) is 13.5 Å². The molecule has 0 fully saturated rings. The van der Waals surface area contributed by atoms with Crippen LogP contribution < -0.4 is 4.72 Å². The first-order valence-corrected chi connectivity index (χ1v) is 8.24. The highest BCUT2D eigenvalue weighted by Crippen LogP contribution is 2.27. The smallest absolute Gasteiger partial charge is 0.244 e. The van der Waals surface area contributed by atoms with E-state index < -0.39 is 10.0 Å². The van der Waals surface area contributed by atoms with E-state index in [1.807, 2.05) is 24.4 Å². The highest BCUT2D eigenvalue weighted by molar-refractivity contribution is 7.89. The third-order valence-electron chi connectivity index (χ3n) is 2.75. The minimum Gasteiger partial charge on any atom is -0.507 e. The monoisotopic (exact) mass is 297 g/mol. The Balaban J connectivity index is 2.29. The van der Waals surface area contributed by atoms with Crippen LogP contribution in [-0.2, 0) is 10.0 Å². The number of aromatic hydroxyl groups is 1. The molecule has 1 aromatic heterocycles. The molecule has 0 saturated carbocycles. The predicted molar refractivity (Wildman–Crippen MR) is 75.8 cm³/mol. The molecule has 2 aromatic rings. The Kier molecular flexibility index (Phi) is 4.24. The quantitative estimate of drug-likeness (QED) is 0.891. The van der Waals surface area contributed by atoms with Crippen molar-refractivity contribution in [2.24, 2.45) is 0 Å². The Bertz CT molecular complexity index is 636. The van der Waals surface area contributed by atoms with E-state index in [1.54, 1.807) is 12.1 Å². The second-order valence-electron chi connectivity index (χ2n) is 4.07. The second-order valence-corrected chi connectivity index (χ2v) is 6.73. The van der Waals surface area contributed by atoms with Crippen LogP contribution in [0.4, 0.5) is 0 Å². The molecule has 19 heavy (non-hydrogen) atoms. The topological polar surface area (TPSA) is 66.4 Å². The first-order valence-electron chi connectivity index (χ1n) is 5.88. The van der Waals surface area contributed by atoms with Gasteiger partial charge in [-0.1, -0.05) is 25.1 Å². The maximum absolute atomic E-state index is 12.3. The number of para-hydroxylation sites is 1. The van der Waals surface area contributed by atoms with Crippen LogP contribution in [0.25, 0.3) is 0 Å². The second kappa shape index (κ2) is 5.73. The van der Waals surface area contributed by atoms with Gasteiger partial charge in [-0.25, -0.2) is 13.1 Å². The average molecular weight is 297 g/mol. The van der Waals surface area contributed by atoms with Gasteiger partial charge in [0, 0.05) is 4.88 Å². The Morgan fingerprint density at radius 3 is 2.58 bits per heavy atom. The van der Waals surface area contributed by atoms with Crippen LogP contribution in [0.2, 0.25) is 0 Å². The van der Waals surface area contributed by atoms with E-state index in [1.165, 1.54) is 23.5 Å².